The van der Waals surface area contributed by atoms with Crippen LogP contribution in [0.5, 0.6) is 0 Å². The lowest BCUT2D eigenvalue weighted by molar-refractivity contribution is 0.0589. The Kier molecular flexibility index (Phi) is 4.64. The Bertz CT molecular complexity index is 864. The molecule has 0 spiro atoms. The Labute approximate surface area is 140 Å². The maximum atomic E-state index is 11.5. The van der Waals surface area contributed by atoms with Gasteiger partial charge < -0.3 is 13.8 Å². The highest BCUT2D eigenvalue weighted by Crippen LogP contribution is 2.22. The summed E-state index contributed by atoms with van der Waals surface area (Å²) in [5.41, 5.74) is 3.41. The van der Waals surface area contributed by atoms with Gasteiger partial charge in [0, 0.05) is 12.5 Å². The summed E-state index contributed by atoms with van der Waals surface area (Å²) in [5, 5.41) is 3.77. The number of esters is 1. The molecule has 0 radical (unpaired) electrons. The zero-order valence-electron chi connectivity index (χ0n) is 14.2. The third-order valence-electron chi connectivity index (χ3n) is 4.08. The van der Waals surface area contributed by atoms with Crippen molar-refractivity contribution in [3.8, 4) is 0 Å². The Morgan fingerprint density at radius 1 is 1.38 bits per heavy atom. The van der Waals surface area contributed by atoms with Crippen molar-refractivity contribution in [2.45, 2.75) is 39.7 Å². The first-order valence-electron chi connectivity index (χ1n) is 8.12. The minimum Gasteiger partial charge on any atom is -0.464 e. The van der Waals surface area contributed by atoms with E-state index in [1.165, 1.54) is 7.11 Å². The number of methoxy groups -OCH3 is 1. The molecule has 126 valence electrons. The molecule has 24 heavy (non-hydrogen) atoms. The molecule has 0 aliphatic carbocycles. The van der Waals surface area contributed by atoms with Gasteiger partial charge in [-0.1, -0.05) is 30.6 Å². The number of hydrogen-bond donors (Lipinski definition) is 0. The molecule has 1 aromatic carbocycles. The summed E-state index contributed by atoms with van der Waals surface area (Å²) >= 11 is 0. The highest BCUT2D eigenvalue weighted by atomic mass is 16.5. The van der Waals surface area contributed by atoms with Crippen LogP contribution in [0.1, 0.15) is 47.4 Å². The second-order valence-corrected chi connectivity index (χ2v) is 5.83. The Balaban J connectivity index is 1.99. The first kappa shape index (κ1) is 16.2. The van der Waals surface area contributed by atoms with Crippen LogP contribution in [0.15, 0.2) is 28.8 Å². The molecule has 0 saturated heterocycles. The van der Waals surface area contributed by atoms with Crippen molar-refractivity contribution in [3.05, 3.63) is 47.1 Å². The van der Waals surface area contributed by atoms with Gasteiger partial charge in [-0.15, -0.1) is 0 Å². The number of para-hydroxylation sites is 1. The number of ether oxygens (including phenoxy) is 1. The Morgan fingerprint density at radius 3 is 2.96 bits per heavy atom. The van der Waals surface area contributed by atoms with E-state index in [4.69, 9.17) is 9.51 Å². The van der Waals surface area contributed by atoms with Crippen LogP contribution in [0.3, 0.4) is 0 Å². The van der Waals surface area contributed by atoms with E-state index in [1.54, 1.807) is 6.07 Å². The number of carbonyl (C=O) groups excluding carboxylic acids is 1. The molecule has 0 aliphatic heterocycles. The fourth-order valence-electron chi connectivity index (χ4n) is 2.78. The van der Waals surface area contributed by atoms with Crippen molar-refractivity contribution in [2.24, 2.45) is 0 Å². The molecule has 3 aromatic rings. The maximum absolute atomic E-state index is 11.5. The number of fused-ring (bicyclic) bond motifs is 1. The second-order valence-electron chi connectivity index (χ2n) is 5.83. The summed E-state index contributed by atoms with van der Waals surface area (Å²) in [4.78, 5) is 16.3. The van der Waals surface area contributed by atoms with Crippen LogP contribution in [0.2, 0.25) is 0 Å². The van der Waals surface area contributed by atoms with Gasteiger partial charge in [-0.25, -0.2) is 9.78 Å². The number of rotatable bonds is 6. The van der Waals surface area contributed by atoms with E-state index in [9.17, 15) is 4.79 Å². The lowest BCUT2D eigenvalue weighted by atomic mass is 10.2. The third-order valence-corrected chi connectivity index (χ3v) is 4.08. The van der Waals surface area contributed by atoms with Gasteiger partial charge in [0.15, 0.2) is 11.5 Å². The van der Waals surface area contributed by atoms with Gasteiger partial charge in [0.25, 0.3) is 0 Å². The number of imidazole rings is 1. The van der Waals surface area contributed by atoms with E-state index < -0.39 is 5.97 Å². The first-order chi connectivity index (χ1) is 11.6. The van der Waals surface area contributed by atoms with Gasteiger partial charge in [0.05, 0.1) is 24.7 Å². The SMILES string of the molecule is CCCCc1nc2c(C)cccc2n1Cc1cc(C(=O)OC)no1. The molecule has 2 aromatic heterocycles. The molecule has 2 heterocycles. The maximum Gasteiger partial charge on any atom is 0.360 e. The van der Waals surface area contributed by atoms with E-state index in [2.05, 4.69) is 40.4 Å². The number of nitrogens with zero attached hydrogens (tertiary/aromatic N) is 3. The first-order valence-corrected chi connectivity index (χ1v) is 8.12. The zero-order chi connectivity index (χ0) is 17.1. The monoisotopic (exact) mass is 327 g/mol. The number of unbranched alkanes of at least 4 members (excludes halogenated alkanes) is 1. The average molecular weight is 327 g/mol. The van der Waals surface area contributed by atoms with E-state index in [0.29, 0.717) is 12.3 Å². The van der Waals surface area contributed by atoms with Crippen LogP contribution in [0.25, 0.3) is 11.0 Å². The molecule has 6 heteroatoms. The summed E-state index contributed by atoms with van der Waals surface area (Å²) in [7, 11) is 1.33. The Hall–Kier alpha value is -2.63. The van der Waals surface area contributed by atoms with E-state index in [0.717, 1.165) is 41.7 Å². The number of aryl methyl sites for hydroxylation is 2. The molecular weight excluding hydrogens is 306 g/mol. The van der Waals surface area contributed by atoms with Crippen LogP contribution >= 0.6 is 0 Å². The van der Waals surface area contributed by atoms with Gasteiger partial charge in [0.1, 0.15) is 5.82 Å². The molecular formula is C18H21N3O3. The van der Waals surface area contributed by atoms with Crippen LogP contribution in [-0.4, -0.2) is 27.8 Å². The lowest BCUT2D eigenvalue weighted by Gasteiger charge is -2.06. The highest BCUT2D eigenvalue weighted by molar-refractivity contribution is 5.87. The van der Waals surface area contributed by atoms with Crippen LogP contribution in [0, 0.1) is 6.92 Å². The van der Waals surface area contributed by atoms with Crippen LogP contribution < -0.4 is 0 Å². The molecule has 0 saturated carbocycles. The van der Waals surface area contributed by atoms with Crippen LogP contribution in [0.4, 0.5) is 0 Å². The summed E-state index contributed by atoms with van der Waals surface area (Å²) in [6.07, 6.45) is 3.09. The molecule has 0 fully saturated rings. The van der Waals surface area contributed by atoms with Gasteiger partial charge in [-0.3, -0.25) is 0 Å². The molecule has 0 bridgehead atoms. The summed E-state index contributed by atoms with van der Waals surface area (Å²) in [6, 6.07) is 7.77. The van der Waals surface area contributed by atoms with E-state index >= 15 is 0 Å². The molecule has 0 N–H and O–H groups in total. The fourth-order valence-corrected chi connectivity index (χ4v) is 2.78. The van der Waals surface area contributed by atoms with E-state index in [1.807, 2.05) is 6.07 Å². The summed E-state index contributed by atoms with van der Waals surface area (Å²) < 4.78 is 12.1. The largest absolute Gasteiger partial charge is 0.464 e. The molecule has 3 rings (SSSR count). The van der Waals surface area contributed by atoms with Crippen molar-refractivity contribution in [1.82, 2.24) is 14.7 Å². The summed E-state index contributed by atoms with van der Waals surface area (Å²) in [5.74, 6) is 1.13. The van der Waals surface area contributed by atoms with Crippen molar-refractivity contribution in [3.63, 3.8) is 0 Å². The zero-order valence-corrected chi connectivity index (χ0v) is 14.2. The predicted molar refractivity (Wildman–Crippen MR) is 90.0 cm³/mol. The molecule has 0 aliphatic rings. The van der Waals surface area contributed by atoms with Crippen molar-refractivity contribution >= 4 is 17.0 Å². The van der Waals surface area contributed by atoms with Crippen molar-refractivity contribution in [1.29, 1.82) is 0 Å². The molecule has 6 nitrogen and oxygen atoms in total. The molecule has 0 amide bonds. The molecule has 0 unspecified atom stereocenters. The highest BCUT2D eigenvalue weighted by Gasteiger charge is 2.17. The van der Waals surface area contributed by atoms with Crippen molar-refractivity contribution < 1.29 is 14.1 Å². The normalized spacial score (nSPS) is 11.1. The lowest BCUT2D eigenvalue weighted by Crippen LogP contribution is -2.05. The smallest absolute Gasteiger partial charge is 0.360 e. The number of hydrogen-bond acceptors (Lipinski definition) is 5. The van der Waals surface area contributed by atoms with Gasteiger partial charge in [-0.05, 0) is 25.0 Å². The van der Waals surface area contributed by atoms with E-state index in [-0.39, 0.29) is 5.69 Å². The minimum atomic E-state index is -0.498. The van der Waals surface area contributed by atoms with Crippen LogP contribution in [-0.2, 0) is 17.7 Å². The predicted octanol–water partition coefficient (Wildman–Crippen LogP) is 3.51. The number of carbonyl (C=O) groups is 1. The number of aromatic nitrogens is 3. The van der Waals surface area contributed by atoms with Crippen molar-refractivity contribution in [2.75, 3.05) is 7.11 Å². The second kappa shape index (κ2) is 6.86. The van der Waals surface area contributed by atoms with Gasteiger partial charge in [0.2, 0.25) is 0 Å². The standard InChI is InChI=1S/C18H21N3O3/c1-4-5-9-16-19-17-12(2)7-6-8-15(17)21(16)11-13-10-14(20-24-13)18(22)23-3/h6-8,10H,4-5,9,11H2,1-3H3. The third kappa shape index (κ3) is 3.04. The molecule has 0 atom stereocenters. The fraction of sp³-hybridized carbons (Fsp3) is 0.389. The van der Waals surface area contributed by atoms with Gasteiger partial charge >= 0.3 is 5.97 Å². The number of benzene rings is 1. The Morgan fingerprint density at radius 2 is 2.21 bits per heavy atom. The van der Waals surface area contributed by atoms with Gasteiger partial charge in [-0.2, -0.15) is 0 Å². The summed E-state index contributed by atoms with van der Waals surface area (Å²) in [6.45, 7) is 4.72. The average Bonchev–Trinajstić information content (AvgIpc) is 3.19. The quantitative estimate of drug-likeness (QED) is 0.648. The minimum absolute atomic E-state index is 0.184. The topological polar surface area (TPSA) is 70.2 Å².